The molecule has 1 aromatic heterocycles. The van der Waals surface area contributed by atoms with Gasteiger partial charge in [0, 0.05) is 22.3 Å². The lowest BCUT2D eigenvalue weighted by Crippen LogP contribution is -2.23. The molecule has 36 heavy (non-hydrogen) atoms. The molecule has 0 amide bonds. The first kappa shape index (κ1) is 21.0. The van der Waals surface area contributed by atoms with Crippen LogP contribution in [0.15, 0.2) is 114 Å². The third-order valence-electron chi connectivity index (χ3n) is 6.77. The fourth-order valence-corrected chi connectivity index (χ4v) is 5.25. The van der Waals surface area contributed by atoms with Crippen LogP contribution in [-0.2, 0) is 0 Å². The highest BCUT2D eigenvalue weighted by Crippen LogP contribution is 2.50. The molecule has 1 aliphatic carbocycles. The monoisotopic (exact) mass is 485 g/mol. The van der Waals surface area contributed by atoms with E-state index in [4.69, 9.17) is 31.3 Å². The summed E-state index contributed by atoms with van der Waals surface area (Å²) in [6.45, 7) is 0. The number of allylic oxidation sites excluding steroid dienone is 2. The molecule has 0 fully saturated rings. The van der Waals surface area contributed by atoms with Gasteiger partial charge in [-0.05, 0) is 29.0 Å². The number of halogens is 1. The fraction of sp³-hybridized carbons (Fsp3) is 0.0645. The molecule has 0 bridgehead atoms. The second kappa shape index (κ2) is 8.43. The minimum absolute atomic E-state index is 0.0887. The summed E-state index contributed by atoms with van der Waals surface area (Å²) in [5.74, 6) is 2.65. The van der Waals surface area contributed by atoms with Crippen LogP contribution >= 0.6 is 11.6 Å². The van der Waals surface area contributed by atoms with Crippen LogP contribution in [0.1, 0.15) is 17.3 Å². The average Bonchev–Trinajstić information content (AvgIpc) is 3.34. The fourth-order valence-electron chi connectivity index (χ4n) is 5.02. The van der Waals surface area contributed by atoms with Crippen LogP contribution in [0.25, 0.3) is 39.1 Å². The van der Waals surface area contributed by atoms with Crippen molar-refractivity contribution in [1.29, 1.82) is 0 Å². The molecule has 5 heteroatoms. The van der Waals surface area contributed by atoms with Crippen molar-refractivity contribution in [3.8, 4) is 28.5 Å². The molecular weight excluding hydrogens is 466 g/mol. The lowest BCUT2D eigenvalue weighted by molar-refractivity contribution is 0.266. The normalized spacial score (nSPS) is 18.1. The minimum atomic E-state index is -0.287. The third-order valence-corrected chi connectivity index (χ3v) is 7.11. The van der Waals surface area contributed by atoms with Crippen molar-refractivity contribution in [3.63, 3.8) is 0 Å². The Hall–Kier alpha value is -4.28. The first-order chi connectivity index (χ1) is 17.7. The van der Waals surface area contributed by atoms with Gasteiger partial charge in [0.2, 0.25) is 0 Å². The zero-order valence-electron chi connectivity index (χ0n) is 19.2. The summed E-state index contributed by atoms with van der Waals surface area (Å²) in [6.07, 6.45) is 3.62. The van der Waals surface area contributed by atoms with E-state index in [0.29, 0.717) is 22.5 Å². The van der Waals surface area contributed by atoms with Crippen molar-refractivity contribution >= 4 is 27.9 Å². The molecule has 4 nitrogen and oxygen atoms in total. The smallest absolute Gasteiger partial charge is 0.164 e. The number of ether oxygens (including phenoxy) is 1. The Morgan fingerprint density at radius 3 is 2.17 bits per heavy atom. The molecule has 0 spiro atoms. The molecule has 0 saturated carbocycles. The molecule has 7 rings (SSSR count). The number of benzene rings is 4. The Balaban J connectivity index is 1.43. The molecule has 4 aromatic carbocycles. The van der Waals surface area contributed by atoms with Gasteiger partial charge in [0.05, 0.1) is 11.0 Å². The first-order valence-electron chi connectivity index (χ1n) is 11.9. The van der Waals surface area contributed by atoms with E-state index in [0.717, 1.165) is 33.4 Å². The summed E-state index contributed by atoms with van der Waals surface area (Å²) >= 11 is 6.61. The van der Waals surface area contributed by atoms with Crippen molar-refractivity contribution in [2.45, 2.75) is 12.0 Å². The van der Waals surface area contributed by atoms with E-state index in [1.807, 2.05) is 72.8 Å². The van der Waals surface area contributed by atoms with Gasteiger partial charge in [0.25, 0.3) is 0 Å². The quantitative estimate of drug-likeness (QED) is 0.266. The van der Waals surface area contributed by atoms with Gasteiger partial charge < -0.3 is 4.74 Å². The van der Waals surface area contributed by atoms with E-state index in [1.54, 1.807) is 0 Å². The lowest BCUT2D eigenvalue weighted by atomic mass is 9.84. The van der Waals surface area contributed by atoms with Crippen molar-refractivity contribution in [1.82, 2.24) is 15.0 Å². The highest BCUT2D eigenvalue weighted by molar-refractivity contribution is 6.30. The third kappa shape index (κ3) is 3.50. The van der Waals surface area contributed by atoms with Gasteiger partial charge in [-0.1, -0.05) is 103 Å². The molecule has 2 unspecified atom stereocenters. The van der Waals surface area contributed by atoms with Gasteiger partial charge in [-0.2, -0.15) is 0 Å². The van der Waals surface area contributed by atoms with E-state index in [9.17, 15) is 0 Å². The van der Waals surface area contributed by atoms with Gasteiger partial charge in [0.15, 0.2) is 17.5 Å². The highest BCUT2D eigenvalue weighted by Gasteiger charge is 2.41. The van der Waals surface area contributed by atoms with E-state index in [2.05, 4.69) is 36.4 Å². The number of nitrogens with zero attached hydrogens (tertiary/aromatic N) is 3. The van der Waals surface area contributed by atoms with Gasteiger partial charge in [-0.25, -0.2) is 15.0 Å². The van der Waals surface area contributed by atoms with E-state index in [-0.39, 0.29) is 12.0 Å². The standard InChI is InChI=1S/C31H20ClN3O/c32-25-17-16-24(27-23-12-6-7-13-26(23)36-28(25)27)31-34-29(20-9-2-1-3-10-20)33-30(35-31)22-15-14-19-8-4-5-11-21(19)18-22/h1-18,27-28H. The molecule has 2 atom stereocenters. The van der Waals surface area contributed by atoms with Crippen LogP contribution in [0.5, 0.6) is 5.75 Å². The number of hydrogen-bond donors (Lipinski definition) is 0. The van der Waals surface area contributed by atoms with Gasteiger partial charge in [0.1, 0.15) is 11.9 Å². The van der Waals surface area contributed by atoms with Crippen LogP contribution in [0.4, 0.5) is 0 Å². The molecular formula is C31H20ClN3O. The van der Waals surface area contributed by atoms with Crippen LogP contribution in [0, 0.1) is 0 Å². The Morgan fingerprint density at radius 1 is 0.611 bits per heavy atom. The molecule has 0 N–H and O–H groups in total. The molecule has 5 aromatic rings. The van der Waals surface area contributed by atoms with E-state index >= 15 is 0 Å². The minimum Gasteiger partial charge on any atom is -0.483 e. The van der Waals surface area contributed by atoms with Crippen molar-refractivity contribution in [2.24, 2.45) is 0 Å². The second-order valence-electron chi connectivity index (χ2n) is 8.96. The second-order valence-corrected chi connectivity index (χ2v) is 9.40. The maximum atomic E-state index is 6.61. The maximum absolute atomic E-state index is 6.61. The zero-order chi connectivity index (χ0) is 24.1. The first-order valence-corrected chi connectivity index (χ1v) is 12.3. The summed E-state index contributed by atoms with van der Waals surface area (Å²) in [6, 6.07) is 32.7. The Kier molecular flexibility index (Phi) is 4.93. The van der Waals surface area contributed by atoms with Crippen LogP contribution in [0.3, 0.4) is 0 Å². The van der Waals surface area contributed by atoms with Crippen molar-refractivity contribution in [3.05, 3.63) is 126 Å². The summed E-state index contributed by atoms with van der Waals surface area (Å²) in [5.41, 5.74) is 3.94. The van der Waals surface area contributed by atoms with Gasteiger partial charge in [-0.3, -0.25) is 0 Å². The number of aromatic nitrogens is 3. The van der Waals surface area contributed by atoms with Crippen molar-refractivity contribution in [2.75, 3.05) is 0 Å². The lowest BCUT2D eigenvalue weighted by Gasteiger charge is -2.24. The topological polar surface area (TPSA) is 47.9 Å². The van der Waals surface area contributed by atoms with Gasteiger partial charge >= 0.3 is 0 Å². The highest BCUT2D eigenvalue weighted by atomic mass is 35.5. The maximum Gasteiger partial charge on any atom is 0.164 e. The zero-order valence-corrected chi connectivity index (χ0v) is 19.9. The molecule has 0 radical (unpaired) electrons. The summed E-state index contributed by atoms with van der Waals surface area (Å²) < 4.78 is 6.24. The Labute approximate surface area is 213 Å². The predicted molar refractivity (Wildman–Crippen MR) is 144 cm³/mol. The molecule has 1 aliphatic heterocycles. The largest absolute Gasteiger partial charge is 0.483 e. The van der Waals surface area contributed by atoms with Crippen LogP contribution < -0.4 is 4.74 Å². The number of para-hydroxylation sites is 1. The number of rotatable bonds is 3. The summed E-state index contributed by atoms with van der Waals surface area (Å²) in [5, 5.41) is 2.99. The molecule has 172 valence electrons. The summed E-state index contributed by atoms with van der Waals surface area (Å²) in [7, 11) is 0. The molecule has 0 saturated heterocycles. The summed E-state index contributed by atoms with van der Waals surface area (Å²) in [4.78, 5) is 14.9. The van der Waals surface area contributed by atoms with Crippen LogP contribution in [-0.4, -0.2) is 21.1 Å². The predicted octanol–water partition coefficient (Wildman–Crippen LogP) is 7.42. The van der Waals surface area contributed by atoms with E-state index < -0.39 is 0 Å². The van der Waals surface area contributed by atoms with E-state index in [1.165, 1.54) is 5.39 Å². The van der Waals surface area contributed by atoms with Crippen LogP contribution in [0.2, 0.25) is 0 Å². The average molecular weight is 486 g/mol. The number of fused-ring (bicyclic) bond motifs is 4. The molecule has 2 aliphatic rings. The Morgan fingerprint density at radius 2 is 1.31 bits per heavy atom. The Bertz CT molecular complexity index is 1690. The SMILES string of the molecule is ClC1=CC=C(c2nc(-c3ccccc3)nc(-c3ccc4ccccc4c3)n2)C2c3ccccc3OC12. The van der Waals surface area contributed by atoms with Crippen molar-refractivity contribution < 1.29 is 4.74 Å². The number of hydrogen-bond acceptors (Lipinski definition) is 4. The van der Waals surface area contributed by atoms with Gasteiger partial charge in [-0.15, -0.1) is 0 Å². The molecule has 2 heterocycles.